The van der Waals surface area contributed by atoms with Gasteiger partial charge in [0.25, 0.3) is 0 Å². The van der Waals surface area contributed by atoms with Gasteiger partial charge in [-0.15, -0.1) is 0 Å². The quantitative estimate of drug-likeness (QED) is 0.733. The van der Waals surface area contributed by atoms with Crippen molar-refractivity contribution in [3.63, 3.8) is 0 Å². The van der Waals surface area contributed by atoms with Crippen molar-refractivity contribution in [2.75, 3.05) is 20.1 Å². The summed E-state index contributed by atoms with van der Waals surface area (Å²) in [5.74, 6) is 0.208. The van der Waals surface area contributed by atoms with Crippen LogP contribution in [0.2, 0.25) is 0 Å². The second-order valence-corrected chi connectivity index (χ2v) is 5.02. The zero-order valence-corrected chi connectivity index (χ0v) is 9.97. The smallest absolute Gasteiger partial charge is 0.222 e. The van der Waals surface area contributed by atoms with Gasteiger partial charge in [-0.1, -0.05) is 20.8 Å². The first-order valence-electron chi connectivity index (χ1n) is 5.31. The Morgan fingerprint density at radius 1 is 1.36 bits per heavy atom. The molecule has 0 atom stereocenters. The summed E-state index contributed by atoms with van der Waals surface area (Å²) < 4.78 is 0. The van der Waals surface area contributed by atoms with Crippen LogP contribution in [0.4, 0.5) is 0 Å². The standard InChI is InChI=1S/C11H24N2O/c1-11(2,3)7-9-13(4)10(14)6-5-8-12/h5-9,12H2,1-4H3. The SMILES string of the molecule is CN(CCC(C)(C)C)C(=O)CCCN. The average molecular weight is 200 g/mol. The molecule has 0 fully saturated rings. The van der Waals surface area contributed by atoms with Gasteiger partial charge in [0.2, 0.25) is 5.91 Å². The molecule has 0 aliphatic carbocycles. The molecule has 0 heterocycles. The van der Waals surface area contributed by atoms with Crippen LogP contribution < -0.4 is 5.73 Å². The molecule has 0 spiro atoms. The Kier molecular flexibility index (Phi) is 5.77. The van der Waals surface area contributed by atoms with Crippen molar-refractivity contribution in [3.05, 3.63) is 0 Å². The van der Waals surface area contributed by atoms with Crippen LogP contribution in [-0.2, 0) is 4.79 Å². The van der Waals surface area contributed by atoms with E-state index in [-0.39, 0.29) is 5.91 Å². The summed E-state index contributed by atoms with van der Waals surface area (Å²) >= 11 is 0. The third kappa shape index (κ3) is 6.89. The number of nitrogens with zero attached hydrogens (tertiary/aromatic N) is 1. The first-order chi connectivity index (χ1) is 6.37. The van der Waals surface area contributed by atoms with Gasteiger partial charge in [-0.3, -0.25) is 4.79 Å². The maximum Gasteiger partial charge on any atom is 0.222 e. The van der Waals surface area contributed by atoms with Crippen molar-refractivity contribution in [3.8, 4) is 0 Å². The van der Waals surface area contributed by atoms with Crippen LogP contribution in [0.25, 0.3) is 0 Å². The molecule has 0 saturated heterocycles. The fraction of sp³-hybridized carbons (Fsp3) is 0.909. The van der Waals surface area contributed by atoms with Gasteiger partial charge in [-0.25, -0.2) is 0 Å². The number of rotatable bonds is 5. The number of amides is 1. The number of carbonyl (C=O) groups is 1. The molecule has 2 N–H and O–H groups in total. The number of nitrogens with two attached hydrogens (primary N) is 1. The maximum atomic E-state index is 11.5. The Balaban J connectivity index is 3.73. The van der Waals surface area contributed by atoms with Crippen LogP contribution in [-0.4, -0.2) is 30.9 Å². The normalized spacial score (nSPS) is 11.5. The van der Waals surface area contributed by atoms with Gasteiger partial charge < -0.3 is 10.6 Å². The molecule has 3 nitrogen and oxygen atoms in total. The first-order valence-corrected chi connectivity index (χ1v) is 5.31. The van der Waals surface area contributed by atoms with E-state index in [9.17, 15) is 4.79 Å². The van der Waals surface area contributed by atoms with E-state index >= 15 is 0 Å². The van der Waals surface area contributed by atoms with Gasteiger partial charge >= 0.3 is 0 Å². The lowest BCUT2D eigenvalue weighted by Gasteiger charge is -2.23. The predicted molar refractivity (Wildman–Crippen MR) is 60.0 cm³/mol. The summed E-state index contributed by atoms with van der Waals surface area (Å²) in [4.78, 5) is 13.3. The minimum absolute atomic E-state index is 0.208. The molecule has 0 aliphatic rings. The lowest BCUT2D eigenvalue weighted by Crippen LogP contribution is -2.30. The van der Waals surface area contributed by atoms with Gasteiger partial charge in [0.1, 0.15) is 0 Å². The van der Waals surface area contributed by atoms with E-state index in [1.807, 2.05) is 7.05 Å². The van der Waals surface area contributed by atoms with Crippen LogP contribution in [0.1, 0.15) is 40.0 Å². The third-order valence-electron chi connectivity index (χ3n) is 2.22. The second-order valence-electron chi connectivity index (χ2n) is 5.02. The van der Waals surface area contributed by atoms with Crippen LogP contribution >= 0.6 is 0 Å². The van der Waals surface area contributed by atoms with Gasteiger partial charge in [-0.2, -0.15) is 0 Å². The predicted octanol–water partition coefficient (Wildman–Crippen LogP) is 1.62. The minimum Gasteiger partial charge on any atom is -0.346 e. The molecule has 0 radical (unpaired) electrons. The first kappa shape index (κ1) is 13.4. The van der Waals surface area contributed by atoms with Crippen LogP contribution in [0.15, 0.2) is 0 Å². The summed E-state index contributed by atoms with van der Waals surface area (Å²) in [6, 6.07) is 0. The molecule has 0 aromatic rings. The van der Waals surface area contributed by atoms with E-state index in [0.717, 1.165) is 19.4 Å². The Bertz CT molecular complexity index is 173. The Morgan fingerprint density at radius 3 is 2.36 bits per heavy atom. The topological polar surface area (TPSA) is 46.3 Å². The van der Waals surface area contributed by atoms with Crippen molar-refractivity contribution in [2.45, 2.75) is 40.0 Å². The molecule has 0 aromatic heterocycles. The van der Waals surface area contributed by atoms with Crippen molar-refractivity contribution < 1.29 is 4.79 Å². The number of carbonyl (C=O) groups excluding carboxylic acids is 1. The molecule has 14 heavy (non-hydrogen) atoms. The summed E-state index contributed by atoms with van der Waals surface area (Å²) in [5.41, 5.74) is 5.64. The lowest BCUT2D eigenvalue weighted by atomic mass is 9.92. The third-order valence-corrected chi connectivity index (χ3v) is 2.22. The van der Waals surface area contributed by atoms with Crippen molar-refractivity contribution in [2.24, 2.45) is 11.1 Å². The van der Waals surface area contributed by atoms with E-state index in [1.165, 1.54) is 0 Å². The molecule has 0 aromatic carbocycles. The maximum absolute atomic E-state index is 11.5. The molecule has 0 saturated carbocycles. The molecule has 0 rings (SSSR count). The second kappa shape index (κ2) is 6.02. The number of hydrogen-bond donors (Lipinski definition) is 1. The highest BCUT2D eigenvalue weighted by molar-refractivity contribution is 5.75. The van der Waals surface area contributed by atoms with Gasteiger partial charge in [0, 0.05) is 20.0 Å². The highest BCUT2D eigenvalue weighted by atomic mass is 16.2. The molecule has 84 valence electrons. The summed E-state index contributed by atoms with van der Waals surface area (Å²) in [5, 5.41) is 0. The Labute approximate surface area is 87.6 Å². The molecule has 0 aliphatic heterocycles. The summed E-state index contributed by atoms with van der Waals surface area (Å²) in [6.45, 7) is 7.99. The van der Waals surface area contributed by atoms with Gasteiger partial charge in [0.05, 0.1) is 0 Å². The fourth-order valence-electron chi connectivity index (χ4n) is 1.07. The zero-order valence-electron chi connectivity index (χ0n) is 9.97. The molecule has 0 bridgehead atoms. The van der Waals surface area contributed by atoms with Crippen LogP contribution in [0.5, 0.6) is 0 Å². The van der Waals surface area contributed by atoms with Crippen molar-refractivity contribution in [1.29, 1.82) is 0 Å². The van der Waals surface area contributed by atoms with E-state index in [4.69, 9.17) is 5.73 Å². The highest BCUT2D eigenvalue weighted by Gasteiger charge is 2.13. The lowest BCUT2D eigenvalue weighted by molar-refractivity contribution is -0.130. The van der Waals surface area contributed by atoms with Gasteiger partial charge in [-0.05, 0) is 24.8 Å². The van der Waals surface area contributed by atoms with E-state index in [0.29, 0.717) is 18.4 Å². The number of hydrogen-bond acceptors (Lipinski definition) is 2. The Hall–Kier alpha value is -0.570. The van der Waals surface area contributed by atoms with Gasteiger partial charge in [0.15, 0.2) is 0 Å². The van der Waals surface area contributed by atoms with Crippen LogP contribution in [0.3, 0.4) is 0 Å². The minimum atomic E-state index is 0.208. The van der Waals surface area contributed by atoms with E-state index in [1.54, 1.807) is 4.90 Å². The molecular formula is C11H24N2O. The van der Waals surface area contributed by atoms with Crippen molar-refractivity contribution >= 4 is 5.91 Å². The fourth-order valence-corrected chi connectivity index (χ4v) is 1.07. The monoisotopic (exact) mass is 200 g/mol. The average Bonchev–Trinajstić information content (AvgIpc) is 2.09. The zero-order chi connectivity index (χ0) is 11.2. The molecule has 0 unspecified atom stereocenters. The Morgan fingerprint density at radius 2 is 1.93 bits per heavy atom. The molecule has 1 amide bonds. The van der Waals surface area contributed by atoms with Crippen molar-refractivity contribution in [1.82, 2.24) is 4.90 Å². The molecule has 3 heteroatoms. The van der Waals surface area contributed by atoms with Crippen LogP contribution in [0, 0.1) is 5.41 Å². The van der Waals surface area contributed by atoms with E-state index in [2.05, 4.69) is 20.8 Å². The summed E-state index contributed by atoms with van der Waals surface area (Å²) in [6.07, 6.45) is 2.41. The summed E-state index contributed by atoms with van der Waals surface area (Å²) in [7, 11) is 1.87. The largest absolute Gasteiger partial charge is 0.346 e. The highest BCUT2D eigenvalue weighted by Crippen LogP contribution is 2.18. The van der Waals surface area contributed by atoms with E-state index < -0.39 is 0 Å². The molecular weight excluding hydrogens is 176 g/mol.